The van der Waals surface area contributed by atoms with Crippen LogP contribution < -0.4 is 11.1 Å². The Hall–Kier alpha value is -0.650. The third-order valence-corrected chi connectivity index (χ3v) is 2.68. The van der Waals surface area contributed by atoms with Crippen molar-refractivity contribution >= 4 is 5.91 Å². The number of carbonyl (C=O) groups excluding carboxylic acids is 1. The molecule has 0 radical (unpaired) electrons. The van der Waals surface area contributed by atoms with Gasteiger partial charge in [0.05, 0.1) is 13.2 Å². The topological polar surface area (TPSA) is 67.6 Å². The summed E-state index contributed by atoms with van der Waals surface area (Å²) in [5.74, 6) is 0.0764. The number of hydrogen-bond acceptors (Lipinski definition) is 4. The summed E-state index contributed by atoms with van der Waals surface area (Å²) < 4.78 is 5.03. The summed E-state index contributed by atoms with van der Waals surface area (Å²) in [7, 11) is 1.67. The van der Waals surface area contributed by atoms with Crippen LogP contribution in [0.2, 0.25) is 0 Å². The lowest BCUT2D eigenvalue weighted by Gasteiger charge is -2.22. The standard InChI is InChI=1S/C12H27N3O2/c1-4-11(2)14-12(16)10-15(7-5-6-13)8-9-17-3/h11H,4-10,13H2,1-3H3,(H,14,16). The molecule has 0 bridgehead atoms. The van der Waals surface area contributed by atoms with Crippen molar-refractivity contribution in [3.63, 3.8) is 0 Å². The molecule has 0 saturated carbocycles. The monoisotopic (exact) mass is 245 g/mol. The number of ether oxygens (including phenoxy) is 1. The fourth-order valence-corrected chi connectivity index (χ4v) is 1.43. The summed E-state index contributed by atoms with van der Waals surface area (Å²) in [6, 6.07) is 0.237. The second-order valence-corrected chi connectivity index (χ2v) is 4.29. The highest BCUT2D eigenvalue weighted by Gasteiger charge is 2.11. The van der Waals surface area contributed by atoms with E-state index >= 15 is 0 Å². The molecule has 3 N–H and O–H groups in total. The minimum atomic E-state index is 0.0764. The fourth-order valence-electron chi connectivity index (χ4n) is 1.43. The molecule has 5 heteroatoms. The highest BCUT2D eigenvalue weighted by molar-refractivity contribution is 5.78. The highest BCUT2D eigenvalue weighted by Crippen LogP contribution is 1.93. The van der Waals surface area contributed by atoms with Crippen LogP contribution in [0.3, 0.4) is 0 Å². The van der Waals surface area contributed by atoms with Gasteiger partial charge in [-0.3, -0.25) is 9.69 Å². The second kappa shape index (κ2) is 10.5. The molecule has 0 aliphatic carbocycles. The molecule has 1 atom stereocenters. The van der Waals surface area contributed by atoms with Crippen LogP contribution in [-0.4, -0.2) is 56.7 Å². The maximum Gasteiger partial charge on any atom is 0.234 e. The molecule has 0 aromatic carbocycles. The SMILES string of the molecule is CCC(C)NC(=O)CN(CCCN)CCOC. The molecule has 0 aliphatic rings. The minimum Gasteiger partial charge on any atom is -0.383 e. The quantitative estimate of drug-likeness (QED) is 0.577. The van der Waals surface area contributed by atoms with Gasteiger partial charge < -0.3 is 15.8 Å². The number of amides is 1. The van der Waals surface area contributed by atoms with Gasteiger partial charge in [-0.05, 0) is 32.9 Å². The van der Waals surface area contributed by atoms with Gasteiger partial charge in [0.1, 0.15) is 0 Å². The lowest BCUT2D eigenvalue weighted by atomic mass is 10.2. The summed E-state index contributed by atoms with van der Waals surface area (Å²) in [5.41, 5.74) is 5.48. The number of nitrogens with zero attached hydrogens (tertiary/aromatic N) is 1. The first kappa shape index (κ1) is 16.4. The fraction of sp³-hybridized carbons (Fsp3) is 0.917. The van der Waals surface area contributed by atoms with E-state index < -0.39 is 0 Å². The van der Waals surface area contributed by atoms with Gasteiger partial charge >= 0.3 is 0 Å². The molecular formula is C12H27N3O2. The number of carbonyl (C=O) groups is 1. The number of hydrogen-bond donors (Lipinski definition) is 2. The molecule has 0 aromatic rings. The van der Waals surface area contributed by atoms with Crippen molar-refractivity contribution in [2.45, 2.75) is 32.7 Å². The Morgan fingerprint density at radius 2 is 2.18 bits per heavy atom. The van der Waals surface area contributed by atoms with Crippen molar-refractivity contribution in [3.8, 4) is 0 Å². The predicted octanol–water partition coefficient (Wildman–Crippen LogP) is 0.198. The van der Waals surface area contributed by atoms with Crippen LogP contribution in [-0.2, 0) is 9.53 Å². The average molecular weight is 245 g/mol. The maximum absolute atomic E-state index is 11.7. The van der Waals surface area contributed by atoms with E-state index in [4.69, 9.17) is 10.5 Å². The molecule has 0 spiro atoms. The number of methoxy groups -OCH3 is 1. The molecule has 1 unspecified atom stereocenters. The normalized spacial score (nSPS) is 12.8. The van der Waals surface area contributed by atoms with Crippen molar-refractivity contribution in [2.75, 3.05) is 39.9 Å². The Kier molecular flexibility index (Phi) is 10.1. The van der Waals surface area contributed by atoms with Crippen molar-refractivity contribution in [1.29, 1.82) is 0 Å². The summed E-state index contributed by atoms with van der Waals surface area (Å²) in [6.07, 6.45) is 1.85. The van der Waals surface area contributed by atoms with E-state index in [2.05, 4.69) is 17.1 Å². The van der Waals surface area contributed by atoms with Crippen molar-refractivity contribution < 1.29 is 9.53 Å². The molecule has 0 rings (SSSR count). The van der Waals surface area contributed by atoms with Crippen LogP contribution in [0.1, 0.15) is 26.7 Å². The van der Waals surface area contributed by atoms with Crippen molar-refractivity contribution in [1.82, 2.24) is 10.2 Å². The summed E-state index contributed by atoms with van der Waals surface area (Å²) in [4.78, 5) is 13.8. The van der Waals surface area contributed by atoms with Crippen LogP contribution in [0.25, 0.3) is 0 Å². The minimum absolute atomic E-state index is 0.0764. The smallest absolute Gasteiger partial charge is 0.234 e. The third kappa shape index (κ3) is 9.09. The third-order valence-electron chi connectivity index (χ3n) is 2.68. The largest absolute Gasteiger partial charge is 0.383 e. The van der Waals surface area contributed by atoms with E-state index in [0.717, 1.165) is 25.9 Å². The Bertz CT molecular complexity index is 192. The van der Waals surface area contributed by atoms with E-state index in [-0.39, 0.29) is 11.9 Å². The van der Waals surface area contributed by atoms with Crippen molar-refractivity contribution in [2.24, 2.45) is 5.73 Å². The number of rotatable bonds is 10. The van der Waals surface area contributed by atoms with Crippen LogP contribution in [0.5, 0.6) is 0 Å². The van der Waals surface area contributed by atoms with Gasteiger partial charge in [0.2, 0.25) is 5.91 Å². The van der Waals surface area contributed by atoms with Crippen LogP contribution in [0.4, 0.5) is 0 Å². The zero-order chi connectivity index (χ0) is 13.1. The molecule has 0 heterocycles. The van der Waals surface area contributed by atoms with E-state index in [9.17, 15) is 4.79 Å². The first-order chi connectivity index (χ1) is 8.13. The Labute approximate surface area is 105 Å². The van der Waals surface area contributed by atoms with Crippen molar-refractivity contribution in [3.05, 3.63) is 0 Å². The zero-order valence-electron chi connectivity index (χ0n) is 11.4. The van der Waals surface area contributed by atoms with Crippen LogP contribution in [0, 0.1) is 0 Å². The Morgan fingerprint density at radius 1 is 1.47 bits per heavy atom. The zero-order valence-corrected chi connectivity index (χ0v) is 11.4. The maximum atomic E-state index is 11.7. The van der Waals surface area contributed by atoms with Gasteiger partial charge in [0.25, 0.3) is 0 Å². The molecular weight excluding hydrogens is 218 g/mol. The average Bonchev–Trinajstić information content (AvgIpc) is 2.32. The Balaban J connectivity index is 3.97. The van der Waals surface area contributed by atoms with Gasteiger partial charge in [-0.15, -0.1) is 0 Å². The summed E-state index contributed by atoms with van der Waals surface area (Å²) in [5, 5.41) is 2.96. The molecule has 102 valence electrons. The van der Waals surface area contributed by atoms with Gasteiger partial charge in [0, 0.05) is 19.7 Å². The lowest BCUT2D eigenvalue weighted by molar-refractivity contribution is -0.123. The summed E-state index contributed by atoms with van der Waals surface area (Å²) >= 11 is 0. The molecule has 0 aromatic heterocycles. The Morgan fingerprint density at radius 3 is 2.71 bits per heavy atom. The molecule has 1 amide bonds. The first-order valence-corrected chi connectivity index (χ1v) is 6.34. The molecule has 0 saturated heterocycles. The highest BCUT2D eigenvalue weighted by atomic mass is 16.5. The summed E-state index contributed by atoms with van der Waals surface area (Å²) in [6.45, 7) is 7.39. The van der Waals surface area contributed by atoms with Gasteiger partial charge in [0.15, 0.2) is 0 Å². The first-order valence-electron chi connectivity index (χ1n) is 6.34. The van der Waals surface area contributed by atoms with E-state index in [1.54, 1.807) is 7.11 Å². The van der Waals surface area contributed by atoms with E-state index in [1.807, 2.05) is 6.92 Å². The number of nitrogens with two attached hydrogens (primary N) is 1. The number of nitrogens with one attached hydrogen (secondary N) is 1. The van der Waals surface area contributed by atoms with Gasteiger partial charge in [-0.2, -0.15) is 0 Å². The van der Waals surface area contributed by atoms with Gasteiger partial charge in [-0.1, -0.05) is 6.92 Å². The molecule has 0 fully saturated rings. The van der Waals surface area contributed by atoms with Gasteiger partial charge in [-0.25, -0.2) is 0 Å². The van der Waals surface area contributed by atoms with Crippen LogP contribution >= 0.6 is 0 Å². The second-order valence-electron chi connectivity index (χ2n) is 4.29. The van der Waals surface area contributed by atoms with E-state index in [0.29, 0.717) is 19.7 Å². The molecule has 5 nitrogen and oxygen atoms in total. The lowest BCUT2D eigenvalue weighted by Crippen LogP contribution is -2.42. The molecule has 17 heavy (non-hydrogen) atoms. The molecule has 0 aliphatic heterocycles. The van der Waals surface area contributed by atoms with Crippen LogP contribution in [0.15, 0.2) is 0 Å². The predicted molar refractivity (Wildman–Crippen MR) is 69.9 cm³/mol. The van der Waals surface area contributed by atoms with E-state index in [1.165, 1.54) is 0 Å².